The number of benzene rings is 1. The molecule has 5 heteroatoms. The van der Waals surface area contributed by atoms with Crippen molar-refractivity contribution in [1.29, 1.82) is 0 Å². The molecule has 0 atom stereocenters. The fraction of sp³-hybridized carbons (Fsp3) is 0.154. The summed E-state index contributed by atoms with van der Waals surface area (Å²) in [5.74, 6) is 1.21. The predicted octanol–water partition coefficient (Wildman–Crippen LogP) is 2.16. The SMILES string of the molecule is CCc1ccccc1-c1nc2ncnc(N)c2[nH]1. The monoisotopic (exact) mass is 239 g/mol. The van der Waals surface area contributed by atoms with Crippen LogP contribution >= 0.6 is 0 Å². The lowest BCUT2D eigenvalue weighted by Crippen LogP contribution is -1.91. The molecule has 0 saturated heterocycles. The summed E-state index contributed by atoms with van der Waals surface area (Å²) in [5.41, 5.74) is 9.41. The zero-order chi connectivity index (χ0) is 12.5. The summed E-state index contributed by atoms with van der Waals surface area (Å²) in [6.07, 6.45) is 2.38. The number of nitrogens with two attached hydrogens (primary N) is 1. The van der Waals surface area contributed by atoms with Gasteiger partial charge >= 0.3 is 0 Å². The summed E-state index contributed by atoms with van der Waals surface area (Å²) >= 11 is 0. The third-order valence-corrected chi connectivity index (χ3v) is 2.97. The summed E-state index contributed by atoms with van der Waals surface area (Å²) < 4.78 is 0. The Kier molecular flexibility index (Phi) is 2.44. The van der Waals surface area contributed by atoms with Crippen molar-refractivity contribution in [3.8, 4) is 11.4 Å². The van der Waals surface area contributed by atoms with Gasteiger partial charge in [0.25, 0.3) is 0 Å². The van der Waals surface area contributed by atoms with E-state index in [0.29, 0.717) is 17.0 Å². The van der Waals surface area contributed by atoms with Gasteiger partial charge in [0.2, 0.25) is 0 Å². The summed E-state index contributed by atoms with van der Waals surface area (Å²) in [7, 11) is 0. The molecular formula is C13H13N5. The topological polar surface area (TPSA) is 80.5 Å². The second kappa shape index (κ2) is 4.10. The highest BCUT2D eigenvalue weighted by molar-refractivity contribution is 5.84. The van der Waals surface area contributed by atoms with Crippen LogP contribution in [0.1, 0.15) is 12.5 Å². The van der Waals surface area contributed by atoms with E-state index < -0.39 is 0 Å². The number of nitrogens with zero attached hydrogens (tertiary/aromatic N) is 3. The Balaban J connectivity index is 2.23. The minimum atomic E-state index is 0.424. The highest BCUT2D eigenvalue weighted by atomic mass is 15.0. The molecule has 0 bridgehead atoms. The van der Waals surface area contributed by atoms with E-state index in [1.54, 1.807) is 0 Å². The lowest BCUT2D eigenvalue weighted by molar-refractivity contribution is 1.13. The molecule has 0 amide bonds. The highest BCUT2D eigenvalue weighted by Gasteiger charge is 2.11. The quantitative estimate of drug-likeness (QED) is 0.718. The maximum Gasteiger partial charge on any atom is 0.183 e. The van der Waals surface area contributed by atoms with Crippen molar-refractivity contribution in [3.05, 3.63) is 36.2 Å². The van der Waals surface area contributed by atoms with Crippen LogP contribution in [0.3, 0.4) is 0 Å². The van der Waals surface area contributed by atoms with Crippen LogP contribution in [0, 0.1) is 0 Å². The first kappa shape index (κ1) is 10.7. The second-order valence-electron chi connectivity index (χ2n) is 4.05. The van der Waals surface area contributed by atoms with Gasteiger partial charge < -0.3 is 10.7 Å². The van der Waals surface area contributed by atoms with Gasteiger partial charge in [0, 0.05) is 5.56 Å². The second-order valence-corrected chi connectivity index (χ2v) is 4.05. The number of nitrogens with one attached hydrogen (secondary N) is 1. The van der Waals surface area contributed by atoms with Gasteiger partial charge in [-0.15, -0.1) is 0 Å². The first-order valence-corrected chi connectivity index (χ1v) is 5.84. The molecule has 5 nitrogen and oxygen atoms in total. The van der Waals surface area contributed by atoms with E-state index in [-0.39, 0.29) is 0 Å². The minimum Gasteiger partial charge on any atom is -0.382 e. The van der Waals surface area contributed by atoms with Crippen molar-refractivity contribution in [1.82, 2.24) is 19.9 Å². The number of imidazole rings is 1. The van der Waals surface area contributed by atoms with Crippen LogP contribution in [0.15, 0.2) is 30.6 Å². The molecule has 2 heterocycles. The Morgan fingerprint density at radius 2 is 2.06 bits per heavy atom. The summed E-state index contributed by atoms with van der Waals surface area (Å²) in [6.45, 7) is 2.12. The number of aromatic amines is 1. The van der Waals surface area contributed by atoms with Crippen LogP contribution in [0.5, 0.6) is 0 Å². The number of anilines is 1. The van der Waals surface area contributed by atoms with Crippen molar-refractivity contribution in [3.63, 3.8) is 0 Å². The van der Waals surface area contributed by atoms with Crippen LogP contribution < -0.4 is 5.73 Å². The van der Waals surface area contributed by atoms with Crippen molar-refractivity contribution >= 4 is 17.0 Å². The average molecular weight is 239 g/mol. The summed E-state index contributed by atoms with van der Waals surface area (Å²) in [4.78, 5) is 15.7. The molecule has 0 aliphatic heterocycles. The number of nitrogen functional groups attached to an aromatic ring is 1. The predicted molar refractivity (Wildman–Crippen MR) is 70.9 cm³/mol. The van der Waals surface area contributed by atoms with E-state index in [2.05, 4.69) is 32.9 Å². The zero-order valence-electron chi connectivity index (χ0n) is 10.0. The van der Waals surface area contributed by atoms with Gasteiger partial charge in [-0.3, -0.25) is 0 Å². The van der Waals surface area contributed by atoms with Crippen molar-refractivity contribution in [2.75, 3.05) is 5.73 Å². The Labute approximate surface area is 104 Å². The van der Waals surface area contributed by atoms with Crippen molar-refractivity contribution in [2.45, 2.75) is 13.3 Å². The van der Waals surface area contributed by atoms with E-state index in [0.717, 1.165) is 17.8 Å². The molecule has 0 aliphatic rings. The summed E-state index contributed by atoms with van der Waals surface area (Å²) in [6, 6.07) is 8.16. The number of hydrogen-bond acceptors (Lipinski definition) is 4. The molecule has 3 rings (SSSR count). The van der Waals surface area contributed by atoms with Gasteiger partial charge in [-0.2, -0.15) is 0 Å². The van der Waals surface area contributed by atoms with Gasteiger partial charge in [-0.1, -0.05) is 31.2 Å². The molecule has 0 aliphatic carbocycles. The Morgan fingerprint density at radius 1 is 1.22 bits per heavy atom. The normalized spacial score (nSPS) is 10.9. The Morgan fingerprint density at radius 3 is 2.83 bits per heavy atom. The third kappa shape index (κ3) is 1.60. The number of aryl methyl sites for hydroxylation is 1. The van der Waals surface area contributed by atoms with Crippen molar-refractivity contribution in [2.24, 2.45) is 0 Å². The molecule has 1 aromatic carbocycles. The van der Waals surface area contributed by atoms with E-state index in [1.165, 1.54) is 11.9 Å². The number of hydrogen-bond donors (Lipinski definition) is 2. The number of rotatable bonds is 2. The number of H-pyrrole nitrogens is 1. The first-order valence-electron chi connectivity index (χ1n) is 5.84. The van der Waals surface area contributed by atoms with Crippen LogP contribution in [0.4, 0.5) is 5.82 Å². The van der Waals surface area contributed by atoms with Crippen LogP contribution in [-0.2, 0) is 6.42 Å². The number of fused-ring (bicyclic) bond motifs is 1. The molecular weight excluding hydrogens is 226 g/mol. The minimum absolute atomic E-state index is 0.424. The Bertz CT molecular complexity index is 701. The third-order valence-electron chi connectivity index (χ3n) is 2.97. The number of aromatic nitrogens is 4. The molecule has 0 unspecified atom stereocenters. The van der Waals surface area contributed by atoms with Crippen LogP contribution in [0.2, 0.25) is 0 Å². The molecule has 90 valence electrons. The maximum absolute atomic E-state index is 5.80. The fourth-order valence-corrected chi connectivity index (χ4v) is 2.03. The largest absolute Gasteiger partial charge is 0.382 e. The zero-order valence-corrected chi connectivity index (χ0v) is 10.0. The molecule has 0 fully saturated rings. The fourth-order valence-electron chi connectivity index (χ4n) is 2.03. The summed E-state index contributed by atoms with van der Waals surface area (Å²) in [5, 5.41) is 0. The Hall–Kier alpha value is -2.43. The van der Waals surface area contributed by atoms with Gasteiger partial charge in [0.05, 0.1) is 0 Å². The lowest BCUT2D eigenvalue weighted by atomic mass is 10.1. The molecule has 0 radical (unpaired) electrons. The van der Waals surface area contributed by atoms with Gasteiger partial charge in [-0.05, 0) is 12.0 Å². The van der Waals surface area contributed by atoms with E-state index in [9.17, 15) is 0 Å². The average Bonchev–Trinajstić information content (AvgIpc) is 2.84. The van der Waals surface area contributed by atoms with Crippen LogP contribution in [0.25, 0.3) is 22.6 Å². The standard InChI is InChI=1S/C13H13N5/c1-2-8-5-3-4-6-9(8)12-17-10-11(14)15-7-16-13(10)18-12/h3-7H,2H2,1H3,(H3,14,15,16,17,18). The van der Waals surface area contributed by atoms with Crippen LogP contribution in [-0.4, -0.2) is 19.9 Å². The maximum atomic E-state index is 5.80. The molecule has 2 aromatic heterocycles. The van der Waals surface area contributed by atoms with E-state index >= 15 is 0 Å². The van der Waals surface area contributed by atoms with E-state index in [1.807, 2.05) is 18.2 Å². The molecule has 3 N–H and O–H groups in total. The molecule has 0 saturated carbocycles. The van der Waals surface area contributed by atoms with E-state index in [4.69, 9.17) is 5.73 Å². The molecule has 3 aromatic rings. The molecule has 0 spiro atoms. The van der Waals surface area contributed by atoms with Gasteiger partial charge in [-0.25, -0.2) is 15.0 Å². The molecule has 18 heavy (non-hydrogen) atoms. The van der Waals surface area contributed by atoms with Crippen molar-refractivity contribution < 1.29 is 0 Å². The first-order chi connectivity index (χ1) is 8.79. The smallest absolute Gasteiger partial charge is 0.183 e. The highest BCUT2D eigenvalue weighted by Crippen LogP contribution is 2.24. The van der Waals surface area contributed by atoms with Gasteiger partial charge in [0.15, 0.2) is 11.5 Å². The lowest BCUT2D eigenvalue weighted by Gasteiger charge is -2.03. The van der Waals surface area contributed by atoms with Gasteiger partial charge in [0.1, 0.15) is 17.7 Å².